The maximum absolute atomic E-state index is 13.1. The van der Waals surface area contributed by atoms with E-state index in [1.54, 1.807) is 27.4 Å². The van der Waals surface area contributed by atoms with Crippen LogP contribution >= 0.6 is 0 Å². The Morgan fingerprint density at radius 3 is 2.39 bits per heavy atom. The quantitative estimate of drug-likeness (QED) is 0.420. The van der Waals surface area contributed by atoms with Crippen molar-refractivity contribution in [3.8, 4) is 17.2 Å². The first-order valence-corrected chi connectivity index (χ1v) is 11.5. The Morgan fingerprint density at radius 1 is 0.944 bits per heavy atom. The lowest BCUT2D eigenvalue weighted by Crippen LogP contribution is -2.22. The highest BCUT2D eigenvalue weighted by Crippen LogP contribution is 2.42. The summed E-state index contributed by atoms with van der Waals surface area (Å²) < 4.78 is 16.4. The summed E-state index contributed by atoms with van der Waals surface area (Å²) in [5.74, 6) is 1.19. The van der Waals surface area contributed by atoms with E-state index in [1.165, 1.54) is 6.20 Å². The molecule has 182 valence electrons. The molecule has 4 aromatic rings. The molecule has 0 bridgehead atoms. The standard InChI is InChI=1S/C28H25N3O5/c1-34-24-13-18(14-25(35-2)26(24)36-3)17-11-22-21(23(32)12-17)15-29-28(30-22)31-27(33)20-10-6-8-16-7-4-5-9-19(16)20/h4-10,13-15,17H,11-12H2,1-3H3,(H,29,30,31,33)/t17-/m1/s1. The van der Waals surface area contributed by atoms with Crippen LogP contribution in [0.5, 0.6) is 17.2 Å². The molecule has 1 aliphatic rings. The van der Waals surface area contributed by atoms with E-state index in [2.05, 4.69) is 15.3 Å². The number of carbonyl (C=O) groups excluding carboxylic acids is 2. The first kappa shape index (κ1) is 23.3. The summed E-state index contributed by atoms with van der Waals surface area (Å²) in [7, 11) is 4.66. The zero-order valence-electron chi connectivity index (χ0n) is 20.2. The van der Waals surface area contributed by atoms with Crippen LogP contribution in [0.15, 0.2) is 60.8 Å². The number of methoxy groups -OCH3 is 3. The van der Waals surface area contributed by atoms with Crippen LogP contribution in [0.2, 0.25) is 0 Å². The molecule has 1 aromatic heterocycles. The van der Waals surface area contributed by atoms with Gasteiger partial charge in [0.25, 0.3) is 5.91 Å². The summed E-state index contributed by atoms with van der Waals surface area (Å²) in [4.78, 5) is 34.8. The highest BCUT2D eigenvalue weighted by molar-refractivity contribution is 6.12. The maximum Gasteiger partial charge on any atom is 0.258 e. The van der Waals surface area contributed by atoms with Gasteiger partial charge in [0, 0.05) is 18.2 Å². The average molecular weight is 484 g/mol. The van der Waals surface area contributed by atoms with Crippen LogP contribution < -0.4 is 19.5 Å². The number of nitrogens with zero attached hydrogens (tertiary/aromatic N) is 2. The van der Waals surface area contributed by atoms with Crippen LogP contribution in [-0.4, -0.2) is 43.0 Å². The van der Waals surface area contributed by atoms with E-state index in [0.717, 1.165) is 16.3 Å². The lowest BCUT2D eigenvalue weighted by atomic mass is 9.82. The molecule has 0 unspecified atom stereocenters. The predicted octanol–water partition coefficient (Wildman–Crippen LogP) is 4.82. The molecule has 0 saturated carbocycles. The Morgan fingerprint density at radius 2 is 1.67 bits per heavy atom. The van der Waals surface area contributed by atoms with E-state index < -0.39 is 0 Å². The van der Waals surface area contributed by atoms with Gasteiger partial charge in [-0.25, -0.2) is 9.97 Å². The topological polar surface area (TPSA) is 99.6 Å². The lowest BCUT2D eigenvalue weighted by Gasteiger charge is -2.24. The van der Waals surface area contributed by atoms with Gasteiger partial charge in [0.1, 0.15) is 0 Å². The molecule has 3 aromatic carbocycles. The molecule has 36 heavy (non-hydrogen) atoms. The van der Waals surface area contributed by atoms with Gasteiger partial charge in [-0.15, -0.1) is 0 Å². The van der Waals surface area contributed by atoms with Crippen molar-refractivity contribution in [2.24, 2.45) is 0 Å². The number of Topliss-reactive ketones (excluding diaryl/α,β-unsaturated/α-hetero) is 1. The van der Waals surface area contributed by atoms with Crippen molar-refractivity contribution in [3.05, 3.63) is 83.2 Å². The Balaban J connectivity index is 1.44. The molecule has 1 amide bonds. The van der Waals surface area contributed by atoms with Crippen LogP contribution in [-0.2, 0) is 6.42 Å². The van der Waals surface area contributed by atoms with E-state index in [4.69, 9.17) is 14.2 Å². The van der Waals surface area contributed by atoms with Crippen LogP contribution in [0.3, 0.4) is 0 Å². The summed E-state index contributed by atoms with van der Waals surface area (Å²) in [5.41, 5.74) is 2.47. The van der Waals surface area contributed by atoms with Crippen molar-refractivity contribution in [1.82, 2.24) is 9.97 Å². The average Bonchev–Trinajstić information content (AvgIpc) is 2.91. The molecule has 0 spiro atoms. The second-order valence-electron chi connectivity index (χ2n) is 8.52. The maximum atomic E-state index is 13.1. The number of ether oxygens (including phenoxy) is 3. The first-order chi connectivity index (χ1) is 17.5. The molecular formula is C28H25N3O5. The van der Waals surface area contributed by atoms with Gasteiger partial charge in [0.2, 0.25) is 11.7 Å². The number of rotatable bonds is 6. The van der Waals surface area contributed by atoms with Crippen molar-refractivity contribution in [3.63, 3.8) is 0 Å². The number of benzene rings is 3. The lowest BCUT2D eigenvalue weighted by molar-refractivity contribution is 0.0962. The molecule has 1 heterocycles. The van der Waals surface area contributed by atoms with E-state index >= 15 is 0 Å². The zero-order valence-corrected chi connectivity index (χ0v) is 20.2. The third-order valence-electron chi connectivity index (χ3n) is 6.46. The number of fused-ring (bicyclic) bond motifs is 2. The van der Waals surface area contributed by atoms with Crippen molar-refractivity contribution in [2.45, 2.75) is 18.8 Å². The Labute approximate surface area is 208 Å². The Hall–Kier alpha value is -4.46. The van der Waals surface area contributed by atoms with Gasteiger partial charge in [-0.05, 0) is 46.9 Å². The largest absolute Gasteiger partial charge is 0.493 e. The molecule has 0 radical (unpaired) electrons. The Kier molecular flexibility index (Phi) is 6.25. The third kappa shape index (κ3) is 4.22. The number of aromatic nitrogens is 2. The first-order valence-electron chi connectivity index (χ1n) is 11.5. The Bertz CT molecular complexity index is 1450. The van der Waals surface area contributed by atoms with E-state index in [9.17, 15) is 9.59 Å². The summed E-state index contributed by atoms with van der Waals surface area (Å²) in [6.45, 7) is 0. The summed E-state index contributed by atoms with van der Waals surface area (Å²) in [6, 6.07) is 16.9. The fourth-order valence-corrected chi connectivity index (χ4v) is 4.67. The van der Waals surface area contributed by atoms with Gasteiger partial charge in [-0.1, -0.05) is 36.4 Å². The van der Waals surface area contributed by atoms with Crippen molar-refractivity contribution in [1.29, 1.82) is 0 Å². The number of ketones is 1. The monoisotopic (exact) mass is 483 g/mol. The van der Waals surface area contributed by atoms with Crippen molar-refractivity contribution >= 4 is 28.4 Å². The predicted molar refractivity (Wildman–Crippen MR) is 135 cm³/mol. The SMILES string of the molecule is COc1cc([C@H]2CC(=O)c3cnc(NC(=O)c4cccc5ccccc45)nc3C2)cc(OC)c1OC. The number of hydrogen-bond acceptors (Lipinski definition) is 7. The number of carbonyl (C=O) groups is 2. The number of nitrogens with one attached hydrogen (secondary N) is 1. The number of anilines is 1. The highest BCUT2D eigenvalue weighted by atomic mass is 16.5. The number of hydrogen-bond donors (Lipinski definition) is 1. The molecule has 0 aliphatic heterocycles. The van der Waals surface area contributed by atoms with Crippen LogP contribution in [0.25, 0.3) is 10.8 Å². The molecule has 0 saturated heterocycles. The normalized spacial score (nSPS) is 14.8. The minimum atomic E-state index is -0.310. The molecule has 8 heteroatoms. The molecule has 1 atom stereocenters. The van der Waals surface area contributed by atoms with E-state index in [1.807, 2.05) is 48.5 Å². The van der Waals surface area contributed by atoms with Gasteiger partial charge in [-0.2, -0.15) is 0 Å². The van der Waals surface area contributed by atoms with Gasteiger partial charge in [0.15, 0.2) is 17.3 Å². The van der Waals surface area contributed by atoms with Gasteiger partial charge >= 0.3 is 0 Å². The van der Waals surface area contributed by atoms with E-state index in [-0.39, 0.29) is 23.6 Å². The van der Waals surface area contributed by atoms with Gasteiger partial charge in [0.05, 0.1) is 32.6 Å². The second-order valence-corrected chi connectivity index (χ2v) is 8.52. The van der Waals surface area contributed by atoms with Gasteiger partial charge < -0.3 is 14.2 Å². The summed E-state index contributed by atoms with van der Waals surface area (Å²) in [5, 5.41) is 4.60. The van der Waals surface area contributed by atoms with Crippen LogP contribution in [0.1, 0.15) is 44.3 Å². The summed E-state index contributed by atoms with van der Waals surface area (Å²) >= 11 is 0. The smallest absolute Gasteiger partial charge is 0.258 e. The molecule has 1 N–H and O–H groups in total. The van der Waals surface area contributed by atoms with Gasteiger partial charge in [-0.3, -0.25) is 14.9 Å². The molecule has 1 aliphatic carbocycles. The fourth-order valence-electron chi connectivity index (χ4n) is 4.67. The fraction of sp³-hybridized carbons (Fsp3) is 0.214. The number of amides is 1. The minimum Gasteiger partial charge on any atom is -0.493 e. The molecular weight excluding hydrogens is 458 g/mol. The zero-order chi connectivity index (χ0) is 25.2. The molecule has 5 rings (SSSR count). The van der Waals surface area contributed by atoms with Crippen LogP contribution in [0.4, 0.5) is 5.95 Å². The molecule has 0 fully saturated rings. The second kappa shape index (κ2) is 9.65. The minimum absolute atomic E-state index is 0.0538. The molecule has 8 nitrogen and oxygen atoms in total. The highest BCUT2D eigenvalue weighted by Gasteiger charge is 2.30. The van der Waals surface area contributed by atoms with E-state index in [0.29, 0.717) is 46.9 Å². The van der Waals surface area contributed by atoms with Crippen molar-refractivity contribution in [2.75, 3.05) is 26.6 Å². The van der Waals surface area contributed by atoms with Crippen LogP contribution in [0, 0.1) is 0 Å². The third-order valence-corrected chi connectivity index (χ3v) is 6.46. The summed E-state index contributed by atoms with van der Waals surface area (Å²) in [6.07, 6.45) is 2.30. The van der Waals surface area contributed by atoms with Crippen molar-refractivity contribution < 1.29 is 23.8 Å².